The number of hydrogen-bond acceptors (Lipinski definition) is 3. The van der Waals surface area contributed by atoms with Gasteiger partial charge in [-0.3, -0.25) is 0 Å². The molecular formula is C12H20O3. The average molecular weight is 212 g/mol. The molecule has 0 aromatic heterocycles. The number of ether oxygens (including phenoxy) is 2. The minimum Gasteiger partial charge on any atom is -0.458 e. The molecule has 15 heavy (non-hydrogen) atoms. The molecule has 0 amide bonds. The van der Waals surface area contributed by atoms with Gasteiger partial charge >= 0.3 is 5.97 Å². The van der Waals surface area contributed by atoms with Gasteiger partial charge in [-0.1, -0.05) is 6.42 Å². The third kappa shape index (κ3) is 1.67. The monoisotopic (exact) mass is 212 g/mol. The van der Waals surface area contributed by atoms with Crippen molar-refractivity contribution in [1.82, 2.24) is 0 Å². The van der Waals surface area contributed by atoms with Gasteiger partial charge in [-0.05, 0) is 47.0 Å². The van der Waals surface area contributed by atoms with Crippen LogP contribution >= 0.6 is 0 Å². The number of epoxide rings is 1. The Morgan fingerprint density at radius 2 is 1.87 bits per heavy atom. The Kier molecular flexibility index (Phi) is 2.16. The van der Waals surface area contributed by atoms with E-state index in [1.807, 2.05) is 27.7 Å². The zero-order chi connectivity index (χ0) is 11.3. The molecule has 0 spiro atoms. The highest BCUT2D eigenvalue weighted by atomic mass is 16.7. The van der Waals surface area contributed by atoms with Gasteiger partial charge in [-0.25, -0.2) is 4.79 Å². The van der Waals surface area contributed by atoms with E-state index in [1.54, 1.807) is 0 Å². The van der Waals surface area contributed by atoms with Crippen LogP contribution in [0.2, 0.25) is 0 Å². The van der Waals surface area contributed by atoms with Crippen molar-refractivity contribution in [1.29, 1.82) is 0 Å². The quantitative estimate of drug-likeness (QED) is 0.495. The zero-order valence-corrected chi connectivity index (χ0v) is 10.1. The van der Waals surface area contributed by atoms with Gasteiger partial charge in [0, 0.05) is 0 Å². The maximum Gasteiger partial charge on any atom is 0.342 e. The van der Waals surface area contributed by atoms with Gasteiger partial charge in [-0.15, -0.1) is 0 Å². The smallest absolute Gasteiger partial charge is 0.342 e. The van der Waals surface area contributed by atoms with Gasteiger partial charge in [0.2, 0.25) is 0 Å². The largest absolute Gasteiger partial charge is 0.458 e. The first-order chi connectivity index (χ1) is 6.79. The Balaban J connectivity index is 2.08. The number of hydrogen-bond donors (Lipinski definition) is 0. The van der Waals surface area contributed by atoms with Gasteiger partial charge in [0.05, 0.1) is 0 Å². The molecule has 0 bridgehead atoms. The van der Waals surface area contributed by atoms with Crippen LogP contribution in [0, 0.1) is 0 Å². The lowest BCUT2D eigenvalue weighted by Crippen LogP contribution is -2.40. The van der Waals surface area contributed by atoms with Crippen molar-refractivity contribution in [3.8, 4) is 0 Å². The molecule has 1 aliphatic heterocycles. The lowest BCUT2D eigenvalue weighted by Gasteiger charge is -2.25. The van der Waals surface area contributed by atoms with Crippen LogP contribution in [-0.2, 0) is 14.3 Å². The number of carbonyl (C=O) groups is 1. The molecule has 2 rings (SSSR count). The molecule has 1 saturated heterocycles. The summed E-state index contributed by atoms with van der Waals surface area (Å²) in [4.78, 5) is 12.0. The van der Waals surface area contributed by atoms with Crippen LogP contribution in [0.3, 0.4) is 0 Å². The summed E-state index contributed by atoms with van der Waals surface area (Å²) in [7, 11) is 0. The number of fused-ring (bicyclic) bond motifs is 1. The predicted octanol–water partition coefficient (Wildman–Crippen LogP) is 2.43. The summed E-state index contributed by atoms with van der Waals surface area (Å²) in [5.74, 6) is -0.169. The van der Waals surface area contributed by atoms with E-state index in [9.17, 15) is 4.79 Å². The topological polar surface area (TPSA) is 38.8 Å². The maximum atomic E-state index is 12.0. The van der Waals surface area contributed by atoms with Crippen LogP contribution in [0.25, 0.3) is 0 Å². The summed E-state index contributed by atoms with van der Waals surface area (Å²) >= 11 is 0. The van der Waals surface area contributed by atoms with Crippen LogP contribution in [0.5, 0.6) is 0 Å². The Labute approximate surface area is 91.1 Å². The summed E-state index contributed by atoms with van der Waals surface area (Å²) in [6.07, 6.45) is 4.01. The molecule has 2 fully saturated rings. The predicted molar refractivity (Wildman–Crippen MR) is 56.5 cm³/mol. The van der Waals surface area contributed by atoms with Crippen molar-refractivity contribution in [3.05, 3.63) is 0 Å². The first kappa shape index (κ1) is 10.9. The van der Waals surface area contributed by atoms with Crippen LogP contribution in [-0.4, -0.2) is 22.8 Å². The molecule has 3 heteroatoms. The summed E-state index contributed by atoms with van der Waals surface area (Å²) in [6.45, 7) is 7.70. The molecule has 1 aliphatic carbocycles. The lowest BCUT2D eigenvalue weighted by molar-refractivity contribution is -0.162. The number of esters is 1. The van der Waals surface area contributed by atoms with E-state index in [1.165, 1.54) is 0 Å². The van der Waals surface area contributed by atoms with Gasteiger partial charge in [0.15, 0.2) is 5.60 Å². The van der Waals surface area contributed by atoms with E-state index in [4.69, 9.17) is 9.47 Å². The summed E-state index contributed by atoms with van der Waals surface area (Å²) in [6, 6.07) is 0. The van der Waals surface area contributed by atoms with Crippen molar-refractivity contribution in [2.75, 3.05) is 0 Å². The highest BCUT2D eigenvalue weighted by molar-refractivity contribution is 5.85. The fourth-order valence-electron chi connectivity index (χ4n) is 2.48. The maximum absolute atomic E-state index is 12.0. The van der Waals surface area contributed by atoms with E-state index >= 15 is 0 Å². The fraction of sp³-hybridized carbons (Fsp3) is 0.917. The first-order valence-corrected chi connectivity index (χ1v) is 5.73. The van der Waals surface area contributed by atoms with Crippen molar-refractivity contribution in [2.24, 2.45) is 0 Å². The standard InChI is InChI=1S/C12H20O3/c1-10(2,3)14-9(13)12-8-6-5-7-11(12,4)15-12/h5-8H2,1-4H3. The molecule has 2 aliphatic rings. The number of carbonyl (C=O) groups excluding carboxylic acids is 1. The van der Waals surface area contributed by atoms with Gasteiger partial charge in [-0.2, -0.15) is 0 Å². The Morgan fingerprint density at radius 1 is 1.27 bits per heavy atom. The second-order valence-corrected chi connectivity index (χ2v) is 5.87. The van der Waals surface area contributed by atoms with Gasteiger partial charge < -0.3 is 9.47 Å². The fourth-order valence-corrected chi connectivity index (χ4v) is 2.48. The van der Waals surface area contributed by atoms with Crippen LogP contribution < -0.4 is 0 Å². The molecule has 3 nitrogen and oxygen atoms in total. The molecule has 2 atom stereocenters. The van der Waals surface area contributed by atoms with Crippen LogP contribution in [0.1, 0.15) is 53.4 Å². The van der Waals surface area contributed by atoms with Crippen LogP contribution in [0.4, 0.5) is 0 Å². The normalized spacial score (nSPS) is 39.5. The Morgan fingerprint density at radius 3 is 2.40 bits per heavy atom. The van der Waals surface area contributed by atoms with Gasteiger partial charge in [0.25, 0.3) is 0 Å². The molecule has 1 heterocycles. The summed E-state index contributed by atoms with van der Waals surface area (Å²) in [5, 5.41) is 0. The third-order valence-corrected chi connectivity index (χ3v) is 3.37. The number of rotatable bonds is 1. The highest BCUT2D eigenvalue weighted by Gasteiger charge is 2.73. The SMILES string of the molecule is CC(C)(C)OC(=O)C12CCCCC1(C)O2. The molecule has 0 radical (unpaired) electrons. The van der Waals surface area contributed by atoms with Crippen molar-refractivity contribution < 1.29 is 14.3 Å². The van der Waals surface area contributed by atoms with E-state index in [0.29, 0.717) is 0 Å². The third-order valence-electron chi connectivity index (χ3n) is 3.37. The average Bonchev–Trinajstić information content (AvgIpc) is 2.69. The zero-order valence-electron chi connectivity index (χ0n) is 10.1. The first-order valence-electron chi connectivity index (χ1n) is 5.73. The highest BCUT2D eigenvalue weighted by Crippen LogP contribution is 2.58. The van der Waals surface area contributed by atoms with E-state index < -0.39 is 11.2 Å². The molecule has 0 aromatic carbocycles. The second-order valence-electron chi connectivity index (χ2n) is 5.87. The molecule has 2 unspecified atom stereocenters. The Hall–Kier alpha value is -0.570. The second kappa shape index (κ2) is 2.97. The molecule has 0 N–H and O–H groups in total. The van der Waals surface area contributed by atoms with Crippen molar-refractivity contribution >= 4 is 5.97 Å². The van der Waals surface area contributed by atoms with Crippen molar-refractivity contribution in [3.63, 3.8) is 0 Å². The van der Waals surface area contributed by atoms with Crippen molar-refractivity contribution in [2.45, 2.75) is 70.2 Å². The molecular weight excluding hydrogens is 192 g/mol. The molecule has 1 saturated carbocycles. The Bertz CT molecular complexity index is 288. The summed E-state index contributed by atoms with van der Waals surface area (Å²) < 4.78 is 11.1. The van der Waals surface area contributed by atoms with E-state index in [2.05, 4.69) is 0 Å². The minimum atomic E-state index is -0.613. The summed E-state index contributed by atoms with van der Waals surface area (Å²) in [5.41, 5.74) is -1.28. The van der Waals surface area contributed by atoms with Gasteiger partial charge in [0.1, 0.15) is 11.2 Å². The molecule has 0 aromatic rings. The van der Waals surface area contributed by atoms with Crippen LogP contribution in [0.15, 0.2) is 0 Å². The molecule has 86 valence electrons. The van der Waals surface area contributed by atoms with E-state index in [0.717, 1.165) is 25.7 Å². The lowest BCUT2D eigenvalue weighted by atomic mass is 9.80. The van der Waals surface area contributed by atoms with E-state index in [-0.39, 0.29) is 11.6 Å². The minimum absolute atomic E-state index is 0.169.